The Morgan fingerprint density at radius 1 is 1.61 bits per heavy atom. The number of nitrogens with one attached hydrogen (secondary N) is 2. The molecular formula is C12H18N4OS. The summed E-state index contributed by atoms with van der Waals surface area (Å²) >= 11 is 1.40. The lowest BCUT2D eigenvalue weighted by atomic mass is 10.2. The third-order valence-electron chi connectivity index (χ3n) is 2.27. The maximum atomic E-state index is 11.4. The highest BCUT2D eigenvalue weighted by molar-refractivity contribution is 7.99. The molecule has 0 saturated carbocycles. The molecule has 1 aromatic rings. The summed E-state index contributed by atoms with van der Waals surface area (Å²) in [6.07, 6.45) is 1.76. The number of hydrogen-bond donors (Lipinski definition) is 2. The number of aromatic amines is 1. The predicted octanol–water partition coefficient (Wildman–Crippen LogP) is 1.32. The van der Waals surface area contributed by atoms with Crippen LogP contribution in [-0.2, 0) is 6.42 Å². The number of aromatic nitrogens is 2. The number of hydrogen-bond acceptors (Lipinski definition) is 5. The summed E-state index contributed by atoms with van der Waals surface area (Å²) in [7, 11) is 0. The third-order valence-corrected chi connectivity index (χ3v) is 3.24. The van der Waals surface area contributed by atoms with Crippen LogP contribution in [0, 0.1) is 11.3 Å². The van der Waals surface area contributed by atoms with Crippen molar-refractivity contribution in [1.82, 2.24) is 15.3 Å². The first-order valence-electron chi connectivity index (χ1n) is 6.05. The summed E-state index contributed by atoms with van der Waals surface area (Å²) < 4.78 is 0. The van der Waals surface area contributed by atoms with Gasteiger partial charge in [0.15, 0.2) is 5.16 Å². The van der Waals surface area contributed by atoms with Gasteiger partial charge in [0.25, 0.3) is 5.56 Å². The van der Waals surface area contributed by atoms with Gasteiger partial charge in [-0.1, -0.05) is 32.0 Å². The number of thioether (sulfide) groups is 1. The fraction of sp³-hybridized carbons (Fsp3) is 0.583. The second-order valence-electron chi connectivity index (χ2n) is 3.84. The van der Waals surface area contributed by atoms with Gasteiger partial charge in [-0.05, 0) is 13.0 Å². The lowest BCUT2D eigenvalue weighted by Crippen LogP contribution is -2.29. The van der Waals surface area contributed by atoms with Crippen molar-refractivity contribution < 1.29 is 0 Å². The minimum atomic E-state index is -0.222. The van der Waals surface area contributed by atoms with E-state index in [0.717, 1.165) is 25.1 Å². The molecule has 0 aliphatic rings. The zero-order valence-electron chi connectivity index (χ0n) is 10.7. The van der Waals surface area contributed by atoms with Crippen molar-refractivity contribution in [1.29, 1.82) is 5.26 Å². The lowest BCUT2D eigenvalue weighted by molar-refractivity contribution is 0.676. The van der Waals surface area contributed by atoms with E-state index in [1.807, 2.05) is 13.8 Å². The quantitative estimate of drug-likeness (QED) is 0.574. The molecule has 1 unspecified atom stereocenters. The summed E-state index contributed by atoms with van der Waals surface area (Å²) in [6.45, 7) is 4.75. The number of aryl methyl sites for hydroxylation is 1. The molecule has 2 N–H and O–H groups in total. The standard InChI is InChI=1S/C12H18N4OS/c1-3-5-9-6-11(17)16-12(15-9)18-8-10(7-13)14-4-2/h6,10,14H,3-5,8H2,1-2H3,(H,15,16,17). The van der Waals surface area contributed by atoms with E-state index in [1.165, 1.54) is 17.8 Å². The van der Waals surface area contributed by atoms with Gasteiger partial charge in [0, 0.05) is 17.5 Å². The van der Waals surface area contributed by atoms with Crippen molar-refractivity contribution >= 4 is 11.8 Å². The van der Waals surface area contributed by atoms with E-state index >= 15 is 0 Å². The first-order valence-corrected chi connectivity index (χ1v) is 7.04. The molecule has 0 radical (unpaired) electrons. The SMILES string of the molecule is CCCc1cc(=O)[nH]c(SCC(C#N)NCC)n1. The van der Waals surface area contributed by atoms with E-state index in [-0.39, 0.29) is 11.6 Å². The number of rotatable bonds is 7. The van der Waals surface area contributed by atoms with Crippen LogP contribution < -0.4 is 10.9 Å². The molecule has 98 valence electrons. The fourth-order valence-corrected chi connectivity index (χ4v) is 2.36. The van der Waals surface area contributed by atoms with Crippen LogP contribution in [0.3, 0.4) is 0 Å². The molecule has 1 atom stereocenters. The van der Waals surface area contributed by atoms with Crippen molar-refractivity contribution in [3.63, 3.8) is 0 Å². The molecular weight excluding hydrogens is 248 g/mol. The molecule has 18 heavy (non-hydrogen) atoms. The van der Waals surface area contributed by atoms with Crippen LogP contribution in [0.1, 0.15) is 26.0 Å². The van der Waals surface area contributed by atoms with E-state index in [0.29, 0.717) is 10.9 Å². The second-order valence-corrected chi connectivity index (χ2v) is 4.85. The molecule has 0 spiro atoms. The molecule has 6 heteroatoms. The Labute approximate surface area is 111 Å². The Bertz CT molecular complexity index is 466. The number of H-pyrrole nitrogens is 1. The van der Waals surface area contributed by atoms with E-state index in [2.05, 4.69) is 21.4 Å². The molecule has 0 bridgehead atoms. The Morgan fingerprint density at radius 3 is 3.00 bits per heavy atom. The van der Waals surface area contributed by atoms with Crippen molar-refractivity contribution in [2.24, 2.45) is 0 Å². The Kier molecular flexibility index (Phi) is 6.47. The zero-order chi connectivity index (χ0) is 13.4. The molecule has 0 saturated heterocycles. The average Bonchev–Trinajstić information content (AvgIpc) is 2.34. The first-order chi connectivity index (χ1) is 8.69. The average molecular weight is 266 g/mol. The minimum Gasteiger partial charge on any atom is -0.302 e. The summed E-state index contributed by atoms with van der Waals surface area (Å²) in [4.78, 5) is 18.5. The molecule has 0 aliphatic carbocycles. The van der Waals surface area contributed by atoms with Crippen LogP contribution in [0.25, 0.3) is 0 Å². The summed E-state index contributed by atoms with van der Waals surface area (Å²) in [5.41, 5.74) is 0.675. The van der Waals surface area contributed by atoms with Crippen molar-refractivity contribution in [3.8, 4) is 6.07 Å². The van der Waals surface area contributed by atoms with E-state index in [4.69, 9.17) is 5.26 Å². The van der Waals surface area contributed by atoms with Crippen LogP contribution in [-0.4, -0.2) is 28.3 Å². The van der Waals surface area contributed by atoms with Crippen LogP contribution in [0.15, 0.2) is 16.0 Å². The first kappa shape index (κ1) is 14.7. The van der Waals surface area contributed by atoms with Crippen LogP contribution in [0.2, 0.25) is 0 Å². The van der Waals surface area contributed by atoms with Gasteiger partial charge >= 0.3 is 0 Å². The maximum absolute atomic E-state index is 11.4. The van der Waals surface area contributed by atoms with Gasteiger partial charge in [-0.25, -0.2) is 4.98 Å². The molecule has 0 aliphatic heterocycles. The normalized spacial score (nSPS) is 12.1. The van der Waals surface area contributed by atoms with E-state index in [1.54, 1.807) is 0 Å². The van der Waals surface area contributed by atoms with Gasteiger partial charge < -0.3 is 10.3 Å². The van der Waals surface area contributed by atoms with Crippen molar-refractivity contribution in [2.75, 3.05) is 12.3 Å². The van der Waals surface area contributed by atoms with Gasteiger partial charge in [-0.3, -0.25) is 4.79 Å². The minimum absolute atomic E-state index is 0.132. The highest BCUT2D eigenvalue weighted by Crippen LogP contribution is 2.13. The van der Waals surface area contributed by atoms with E-state index < -0.39 is 0 Å². The van der Waals surface area contributed by atoms with Crippen molar-refractivity contribution in [2.45, 2.75) is 37.9 Å². The smallest absolute Gasteiger partial charge is 0.251 e. The largest absolute Gasteiger partial charge is 0.302 e. The zero-order valence-corrected chi connectivity index (χ0v) is 11.5. The summed E-state index contributed by atoms with van der Waals surface area (Å²) in [6, 6.07) is 3.48. The van der Waals surface area contributed by atoms with Crippen LogP contribution >= 0.6 is 11.8 Å². The molecule has 0 aromatic carbocycles. The van der Waals surface area contributed by atoms with Crippen LogP contribution in [0.5, 0.6) is 0 Å². The highest BCUT2D eigenvalue weighted by Gasteiger charge is 2.08. The Balaban J connectivity index is 2.67. The molecule has 1 aromatic heterocycles. The maximum Gasteiger partial charge on any atom is 0.251 e. The number of nitriles is 1. The van der Waals surface area contributed by atoms with Gasteiger partial charge in [0.1, 0.15) is 6.04 Å². The molecule has 1 heterocycles. The Hall–Kier alpha value is -1.32. The molecule has 5 nitrogen and oxygen atoms in total. The predicted molar refractivity (Wildman–Crippen MR) is 72.7 cm³/mol. The molecule has 0 amide bonds. The fourth-order valence-electron chi connectivity index (χ4n) is 1.49. The number of nitrogens with zero attached hydrogens (tertiary/aromatic N) is 2. The summed E-state index contributed by atoms with van der Waals surface area (Å²) in [5.74, 6) is 0.572. The van der Waals surface area contributed by atoms with Gasteiger partial charge in [0.2, 0.25) is 0 Å². The Morgan fingerprint density at radius 2 is 2.39 bits per heavy atom. The molecule has 0 fully saturated rings. The lowest BCUT2D eigenvalue weighted by Gasteiger charge is -2.08. The van der Waals surface area contributed by atoms with E-state index in [9.17, 15) is 4.79 Å². The van der Waals surface area contributed by atoms with Gasteiger partial charge in [0.05, 0.1) is 6.07 Å². The highest BCUT2D eigenvalue weighted by atomic mass is 32.2. The topological polar surface area (TPSA) is 81.6 Å². The van der Waals surface area contributed by atoms with Gasteiger partial charge in [-0.2, -0.15) is 5.26 Å². The van der Waals surface area contributed by atoms with Gasteiger partial charge in [-0.15, -0.1) is 0 Å². The van der Waals surface area contributed by atoms with Crippen LogP contribution in [0.4, 0.5) is 0 Å². The summed E-state index contributed by atoms with van der Waals surface area (Å²) in [5, 5.41) is 12.6. The molecule has 1 rings (SSSR count). The van der Waals surface area contributed by atoms with Crippen molar-refractivity contribution in [3.05, 3.63) is 22.1 Å². The second kappa shape index (κ2) is 7.90. The monoisotopic (exact) mass is 266 g/mol. The third kappa shape index (κ3) is 4.90.